The lowest BCUT2D eigenvalue weighted by Gasteiger charge is -2.16. The van der Waals surface area contributed by atoms with Gasteiger partial charge in [0.25, 0.3) is 5.91 Å². The highest BCUT2D eigenvalue weighted by atomic mass is 19.4. The molecule has 0 fully saturated rings. The van der Waals surface area contributed by atoms with Crippen LogP contribution in [-0.4, -0.2) is 20.7 Å². The van der Waals surface area contributed by atoms with E-state index in [1.54, 1.807) is 16.9 Å². The monoisotopic (exact) mass is 453 g/mol. The first-order valence-electron chi connectivity index (χ1n) is 10.3. The number of hydrogen-bond donors (Lipinski definition) is 2. The van der Waals surface area contributed by atoms with Crippen molar-refractivity contribution >= 4 is 22.6 Å². The van der Waals surface area contributed by atoms with Gasteiger partial charge in [-0.3, -0.25) is 15.6 Å². The first-order valence-corrected chi connectivity index (χ1v) is 10.3. The third-order valence-electron chi connectivity index (χ3n) is 5.26. The minimum Gasteiger partial charge on any atom is -0.298 e. The molecule has 0 bridgehead atoms. The van der Waals surface area contributed by atoms with Gasteiger partial charge in [-0.25, -0.2) is 9.67 Å². The Morgan fingerprint density at radius 2 is 1.76 bits per heavy atom. The molecule has 2 heterocycles. The Morgan fingerprint density at radius 1 is 1.06 bits per heavy atom. The fraction of sp³-hybridized carbons (Fsp3) is 0.208. The van der Waals surface area contributed by atoms with Gasteiger partial charge in [0.15, 0.2) is 5.65 Å². The van der Waals surface area contributed by atoms with Crippen molar-refractivity contribution in [2.24, 2.45) is 0 Å². The van der Waals surface area contributed by atoms with Crippen LogP contribution in [0.15, 0.2) is 60.8 Å². The number of anilines is 1. The highest BCUT2D eigenvalue weighted by Crippen LogP contribution is 2.34. The van der Waals surface area contributed by atoms with Gasteiger partial charge in [-0.1, -0.05) is 36.4 Å². The van der Waals surface area contributed by atoms with Crippen LogP contribution in [0.3, 0.4) is 0 Å². The van der Waals surface area contributed by atoms with Crippen molar-refractivity contribution in [1.29, 1.82) is 0 Å². The molecule has 0 spiro atoms. The Morgan fingerprint density at radius 3 is 2.45 bits per heavy atom. The van der Waals surface area contributed by atoms with Crippen molar-refractivity contribution in [2.75, 3.05) is 5.43 Å². The summed E-state index contributed by atoms with van der Waals surface area (Å²) in [7, 11) is 0. The molecule has 1 amide bonds. The van der Waals surface area contributed by atoms with Crippen LogP contribution in [0.25, 0.3) is 22.3 Å². The summed E-state index contributed by atoms with van der Waals surface area (Å²) in [6.45, 7) is 5.84. The second kappa shape index (κ2) is 8.57. The Hall–Kier alpha value is -3.88. The number of fused-ring (bicyclic) bond motifs is 1. The smallest absolute Gasteiger partial charge is 0.298 e. The summed E-state index contributed by atoms with van der Waals surface area (Å²) in [5, 5.41) is 4.87. The maximum atomic E-state index is 13.3. The van der Waals surface area contributed by atoms with Gasteiger partial charge in [0.05, 0.1) is 34.1 Å². The second-order valence-electron chi connectivity index (χ2n) is 7.91. The van der Waals surface area contributed by atoms with E-state index in [4.69, 9.17) is 4.98 Å². The number of carbonyl (C=O) groups is 1. The molecule has 2 aromatic heterocycles. The standard InChI is InChI=1S/C24H22F3N5O/c1-14(2)32-22-18(13-28-32)17(12-21(29-22)16-9-5-4-8-15(16)3)23(33)31-30-20-11-7-6-10-19(20)24(25,26)27/h4-14,30H,1-3H3,(H,31,33). The Bertz CT molecular complexity index is 1330. The van der Waals surface area contributed by atoms with E-state index in [0.29, 0.717) is 16.7 Å². The SMILES string of the molecule is Cc1ccccc1-c1cc(C(=O)NNc2ccccc2C(F)(F)F)c2cnn(C(C)C)c2n1. The number of nitrogens with one attached hydrogen (secondary N) is 2. The topological polar surface area (TPSA) is 71.8 Å². The Balaban J connectivity index is 1.76. The third kappa shape index (κ3) is 4.39. The number of para-hydroxylation sites is 1. The van der Waals surface area contributed by atoms with Crippen LogP contribution in [-0.2, 0) is 6.18 Å². The molecule has 33 heavy (non-hydrogen) atoms. The van der Waals surface area contributed by atoms with Crippen molar-refractivity contribution in [2.45, 2.75) is 33.0 Å². The van der Waals surface area contributed by atoms with Gasteiger partial charge in [-0.15, -0.1) is 0 Å². The summed E-state index contributed by atoms with van der Waals surface area (Å²) in [6.07, 6.45) is -3.02. The molecule has 6 nitrogen and oxygen atoms in total. The summed E-state index contributed by atoms with van der Waals surface area (Å²) in [5.41, 5.74) is 6.86. The molecule has 2 aromatic carbocycles. The number of hydrogen-bond acceptors (Lipinski definition) is 4. The van der Waals surface area contributed by atoms with E-state index in [9.17, 15) is 18.0 Å². The number of aryl methyl sites for hydroxylation is 1. The van der Waals surface area contributed by atoms with Crippen LogP contribution in [0.5, 0.6) is 0 Å². The fourth-order valence-electron chi connectivity index (χ4n) is 3.61. The van der Waals surface area contributed by atoms with Gasteiger partial charge in [-0.05, 0) is 44.5 Å². The zero-order valence-electron chi connectivity index (χ0n) is 18.2. The number of pyridine rings is 1. The molecule has 0 aliphatic rings. The molecule has 0 radical (unpaired) electrons. The van der Waals surface area contributed by atoms with Crippen molar-refractivity contribution in [3.63, 3.8) is 0 Å². The lowest BCUT2D eigenvalue weighted by Crippen LogP contribution is -2.30. The fourth-order valence-corrected chi connectivity index (χ4v) is 3.61. The molecule has 0 saturated carbocycles. The van der Waals surface area contributed by atoms with Crippen LogP contribution >= 0.6 is 0 Å². The van der Waals surface area contributed by atoms with Crippen molar-refractivity contribution < 1.29 is 18.0 Å². The molecule has 0 unspecified atom stereocenters. The average Bonchev–Trinajstić information content (AvgIpc) is 3.21. The molecular weight excluding hydrogens is 431 g/mol. The van der Waals surface area contributed by atoms with E-state index in [0.717, 1.165) is 17.2 Å². The van der Waals surface area contributed by atoms with Crippen molar-refractivity contribution in [3.05, 3.63) is 77.5 Å². The van der Waals surface area contributed by atoms with E-state index >= 15 is 0 Å². The van der Waals surface area contributed by atoms with Crippen LogP contribution in [0.1, 0.15) is 41.4 Å². The summed E-state index contributed by atoms with van der Waals surface area (Å²) in [4.78, 5) is 17.9. The Labute approximate surface area is 188 Å². The molecule has 4 aromatic rings. The molecule has 2 N–H and O–H groups in total. The van der Waals surface area contributed by atoms with Gasteiger partial charge in [0.1, 0.15) is 0 Å². The maximum absolute atomic E-state index is 13.3. The largest absolute Gasteiger partial charge is 0.418 e. The van der Waals surface area contributed by atoms with Crippen LogP contribution < -0.4 is 10.9 Å². The zero-order chi connectivity index (χ0) is 23.8. The van der Waals surface area contributed by atoms with E-state index < -0.39 is 17.6 Å². The van der Waals surface area contributed by atoms with E-state index in [2.05, 4.69) is 16.0 Å². The van der Waals surface area contributed by atoms with Gasteiger partial charge in [0, 0.05) is 11.6 Å². The van der Waals surface area contributed by atoms with Crippen molar-refractivity contribution in [1.82, 2.24) is 20.2 Å². The summed E-state index contributed by atoms with van der Waals surface area (Å²) in [5.74, 6) is -0.600. The predicted octanol–water partition coefficient (Wildman–Crippen LogP) is 5.76. The molecule has 9 heteroatoms. The minimum atomic E-state index is -4.56. The highest BCUT2D eigenvalue weighted by molar-refractivity contribution is 6.07. The number of carbonyl (C=O) groups excluding carboxylic acids is 1. The number of benzene rings is 2. The Kier molecular flexibility index (Phi) is 5.80. The quantitative estimate of drug-likeness (QED) is 0.377. The van der Waals surface area contributed by atoms with Gasteiger partial charge >= 0.3 is 6.18 Å². The lowest BCUT2D eigenvalue weighted by atomic mass is 10.0. The average molecular weight is 453 g/mol. The normalized spacial score (nSPS) is 11.7. The van der Waals surface area contributed by atoms with Crippen LogP contribution in [0.2, 0.25) is 0 Å². The molecule has 0 saturated heterocycles. The lowest BCUT2D eigenvalue weighted by molar-refractivity contribution is -0.137. The van der Waals surface area contributed by atoms with E-state index in [1.165, 1.54) is 18.2 Å². The summed E-state index contributed by atoms with van der Waals surface area (Å²) in [6, 6.07) is 14.2. The second-order valence-corrected chi connectivity index (χ2v) is 7.91. The molecular formula is C24H22F3N5O. The predicted molar refractivity (Wildman–Crippen MR) is 121 cm³/mol. The van der Waals surface area contributed by atoms with Crippen LogP contribution in [0, 0.1) is 6.92 Å². The number of nitrogens with zero attached hydrogens (tertiary/aromatic N) is 3. The zero-order valence-corrected chi connectivity index (χ0v) is 18.2. The number of alkyl halides is 3. The minimum absolute atomic E-state index is 0.00480. The van der Waals surface area contributed by atoms with Gasteiger partial charge < -0.3 is 0 Å². The number of halogens is 3. The molecule has 0 aliphatic carbocycles. The van der Waals surface area contributed by atoms with E-state index in [-0.39, 0.29) is 17.3 Å². The number of aromatic nitrogens is 3. The molecule has 0 atom stereocenters. The first kappa shape index (κ1) is 22.3. The van der Waals surface area contributed by atoms with Gasteiger partial charge in [0.2, 0.25) is 0 Å². The maximum Gasteiger partial charge on any atom is 0.418 e. The number of rotatable bonds is 5. The summed E-state index contributed by atoms with van der Waals surface area (Å²) >= 11 is 0. The van der Waals surface area contributed by atoms with Crippen LogP contribution in [0.4, 0.5) is 18.9 Å². The summed E-state index contributed by atoms with van der Waals surface area (Å²) < 4.78 is 41.6. The third-order valence-corrected chi connectivity index (χ3v) is 5.26. The molecule has 4 rings (SSSR count). The molecule has 0 aliphatic heterocycles. The number of hydrazine groups is 1. The first-order chi connectivity index (χ1) is 15.7. The molecule has 170 valence electrons. The van der Waals surface area contributed by atoms with Crippen molar-refractivity contribution in [3.8, 4) is 11.3 Å². The number of amides is 1. The van der Waals surface area contributed by atoms with E-state index in [1.807, 2.05) is 45.0 Å². The van der Waals surface area contributed by atoms with Gasteiger partial charge in [-0.2, -0.15) is 18.3 Å². The highest BCUT2D eigenvalue weighted by Gasteiger charge is 2.33.